The zero-order valence-electron chi connectivity index (χ0n) is 11.7. The maximum atomic E-state index is 12.1. The second kappa shape index (κ2) is 6.63. The number of carbonyl (C=O) groups is 2. The number of allylic oxidation sites excluding steroid dienone is 1. The zero-order chi connectivity index (χ0) is 15.4. The molecule has 5 nitrogen and oxygen atoms in total. The molecule has 0 saturated carbocycles. The van der Waals surface area contributed by atoms with Gasteiger partial charge in [-0.15, -0.1) is 0 Å². The van der Waals surface area contributed by atoms with Crippen molar-refractivity contribution in [3.63, 3.8) is 0 Å². The number of primary amides is 1. The van der Waals surface area contributed by atoms with Gasteiger partial charge in [0.25, 0.3) is 0 Å². The van der Waals surface area contributed by atoms with Gasteiger partial charge in [-0.2, -0.15) is 0 Å². The minimum Gasteiger partial charge on any atom is -0.369 e. The SMILES string of the molecule is Cc1cccc(Cl)c1NC(=O)N[C@@H]1CC=CC[C@H]1C(N)=O. The van der Waals surface area contributed by atoms with Crippen LogP contribution in [0.25, 0.3) is 0 Å². The molecule has 0 spiro atoms. The molecule has 0 radical (unpaired) electrons. The van der Waals surface area contributed by atoms with Gasteiger partial charge in [0.15, 0.2) is 0 Å². The third-order valence-electron chi connectivity index (χ3n) is 3.57. The highest BCUT2D eigenvalue weighted by Crippen LogP contribution is 2.25. The summed E-state index contributed by atoms with van der Waals surface area (Å²) in [7, 11) is 0. The minimum absolute atomic E-state index is 0.296. The molecule has 0 fully saturated rings. The molecule has 21 heavy (non-hydrogen) atoms. The van der Waals surface area contributed by atoms with Crippen molar-refractivity contribution in [3.8, 4) is 0 Å². The number of rotatable bonds is 3. The number of amides is 3. The number of anilines is 1. The van der Waals surface area contributed by atoms with Crippen LogP contribution >= 0.6 is 11.6 Å². The number of carbonyl (C=O) groups excluding carboxylic acids is 2. The minimum atomic E-state index is -0.404. The van der Waals surface area contributed by atoms with Gasteiger partial charge in [-0.25, -0.2) is 4.79 Å². The van der Waals surface area contributed by atoms with Crippen LogP contribution in [-0.4, -0.2) is 18.0 Å². The predicted octanol–water partition coefficient (Wildman–Crippen LogP) is 2.59. The van der Waals surface area contributed by atoms with E-state index in [2.05, 4.69) is 10.6 Å². The second-order valence-electron chi connectivity index (χ2n) is 5.09. The van der Waals surface area contributed by atoms with Crippen molar-refractivity contribution in [1.29, 1.82) is 0 Å². The predicted molar refractivity (Wildman–Crippen MR) is 83.2 cm³/mol. The van der Waals surface area contributed by atoms with Crippen molar-refractivity contribution < 1.29 is 9.59 Å². The molecule has 6 heteroatoms. The molecule has 0 aromatic heterocycles. The smallest absolute Gasteiger partial charge is 0.319 e. The number of halogens is 1. The number of benzene rings is 1. The summed E-state index contributed by atoms with van der Waals surface area (Å²) in [4.78, 5) is 23.5. The van der Waals surface area contributed by atoms with Crippen LogP contribution in [0.3, 0.4) is 0 Å². The summed E-state index contributed by atoms with van der Waals surface area (Å²) in [5.74, 6) is -0.785. The Morgan fingerprint density at radius 2 is 2.00 bits per heavy atom. The Morgan fingerprint density at radius 1 is 1.29 bits per heavy atom. The van der Waals surface area contributed by atoms with Crippen molar-refractivity contribution >= 4 is 29.2 Å². The summed E-state index contributed by atoms with van der Waals surface area (Å²) in [5, 5.41) is 5.99. The second-order valence-corrected chi connectivity index (χ2v) is 5.50. The maximum Gasteiger partial charge on any atom is 0.319 e. The molecule has 3 amide bonds. The van der Waals surface area contributed by atoms with Crippen LogP contribution in [0.4, 0.5) is 10.5 Å². The van der Waals surface area contributed by atoms with E-state index < -0.39 is 11.9 Å². The number of hydrogen-bond donors (Lipinski definition) is 3. The molecule has 0 saturated heterocycles. The van der Waals surface area contributed by atoms with Crippen LogP contribution in [0.2, 0.25) is 5.02 Å². The van der Waals surface area contributed by atoms with Crippen molar-refractivity contribution in [2.24, 2.45) is 11.7 Å². The standard InChI is InChI=1S/C15H18ClN3O2/c1-9-5-4-7-11(16)13(9)19-15(21)18-12-8-3-2-6-10(12)14(17)20/h2-5,7,10,12H,6,8H2,1H3,(H2,17,20)(H2,18,19,21)/t10-,12-/m1/s1. The Labute approximate surface area is 128 Å². The van der Waals surface area contributed by atoms with Crippen molar-refractivity contribution in [1.82, 2.24) is 5.32 Å². The Hall–Kier alpha value is -2.01. The van der Waals surface area contributed by atoms with Crippen LogP contribution in [0.5, 0.6) is 0 Å². The molecular weight excluding hydrogens is 290 g/mol. The molecule has 2 atom stereocenters. The highest BCUT2D eigenvalue weighted by atomic mass is 35.5. The first-order chi connectivity index (χ1) is 9.99. The van der Waals surface area contributed by atoms with Crippen molar-refractivity contribution in [3.05, 3.63) is 40.9 Å². The molecule has 1 aliphatic rings. The van der Waals surface area contributed by atoms with E-state index in [9.17, 15) is 9.59 Å². The van der Waals surface area contributed by atoms with Gasteiger partial charge in [-0.1, -0.05) is 35.9 Å². The topological polar surface area (TPSA) is 84.2 Å². The van der Waals surface area contributed by atoms with Crippen LogP contribution in [-0.2, 0) is 4.79 Å². The van der Waals surface area contributed by atoms with Crippen LogP contribution in [0, 0.1) is 12.8 Å². The normalized spacial score (nSPS) is 20.9. The molecule has 4 N–H and O–H groups in total. The van der Waals surface area contributed by atoms with E-state index >= 15 is 0 Å². The van der Waals surface area contributed by atoms with Gasteiger partial charge in [0.05, 0.1) is 16.6 Å². The van der Waals surface area contributed by atoms with Crippen LogP contribution < -0.4 is 16.4 Å². The molecule has 1 aromatic carbocycles. The summed E-state index contributed by atoms with van der Waals surface area (Å²) in [6.45, 7) is 1.86. The lowest BCUT2D eigenvalue weighted by Gasteiger charge is -2.27. The van der Waals surface area contributed by atoms with Gasteiger partial charge in [0, 0.05) is 6.04 Å². The highest BCUT2D eigenvalue weighted by Gasteiger charge is 2.28. The lowest BCUT2D eigenvalue weighted by Crippen LogP contribution is -2.47. The number of para-hydroxylation sites is 1. The number of hydrogen-bond acceptors (Lipinski definition) is 2. The molecule has 1 aliphatic carbocycles. The first-order valence-electron chi connectivity index (χ1n) is 6.76. The van der Waals surface area contributed by atoms with Gasteiger partial charge in [-0.05, 0) is 31.4 Å². The van der Waals surface area contributed by atoms with Crippen molar-refractivity contribution in [2.75, 3.05) is 5.32 Å². The van der Waals surface area contributed by atoms with E-state index in [1.165, 1.54) is 0 Å². The summed E-state index contributed by atoms with van der Waals surface area (Å²) in [6, 6.07) is 4.69. The lowest BCUT2D eigenvalue weighted by molar-refractivity contribution is -0.122. The summed E-state index contributed by atoms with van der Waals surface area (Å²) < 4.78 is 0. The summed E-state index contributed by atoms with van der Waals surface area (Å²) in [5.41, 5.74) is 6.80. The van der Waals surface area contributed by atoms with Gasteiger partial charge < -0.3 is 16.4 Å². The first-order valence-corrected chi connectivity index (χ1v) is 7.13. The molecule has 112 valence electrons. The van der Waals surface area contributed by atoms with E-state index in [1.807, 2.05) is 31.2 Å². The summed E-state index contributed by atoms with van der Waals surface area (Å²) in [6.07, 6.45) is 4.97. The average molecular weight is 308 g/mol. The maximum absolute atomic E-state index is 12.1. The van der Waals surface area contributed by atoms with Crippen molar-refractivity contribution in [2.45, 2.75) is 25.8 Å². The lowest BCUT2D eigenvalue weighted by atomic mass is 9.88. The molecule has 0 bridgehead atoms. The van der Waals surface area contributed by atoms with E-state index in [-0.39, 0.29) is 12.0 Å². The van der Waals surface area contributed by atoms with Gasteiger partial charge >= 0.3 is 6.03 Å². The highest BCUT2D eigenvalue weighted by molar-refractivity contribution is 6.33. The number of nitrogens with one attached hydrogen (secondary N) is 2. The van der Waals surface area contributed by atoms with E-state index in [0.29, 0.717) is 23.6 Å². The molecule has 1 aromatic rings. The first kappa shape index (κ1) is 15.4. The van der Waals surface area contributed by atoms with E-state index in [0.717, 1.165) is 5.56 Å². The quantitative estimate of drug-likeness (QED) is 0.750. The Balaban J connectivity index is 2.04. The zero-order valence-corrected chi connectivity index (χ0v) is 12.5. The number of nitrogens with two attached hydrogens (primary N) is 1. The largest absolute Gasteiger partial charge is 0.369 e. The molecular formula is C15H18ClN3O2. The fourth-order valence-corrected chi connectivity index (χ4v) is 2.67. The van der Waals surface area contributed by atoms with E-state index in [4.69, 9.17) is 17.3 Å². The van der Waals surface area contributed by atoms with Crippen LogP contribution in [0.15, 0.2) is 30.4 Å². The van der Waals surface area contributed by atoms with Gasteiger partial charge in [-0.3, -0.25) is 4.79 Å². The van der Waals surface area contributed by atoms with Crippen LogP contribution in [0.1, 0.15) is 18.4 Å². The molecule has 2 rings (SSSR count). The summed E-state index contributed by atoms with van der Waals surface area (Å²) >= 11 is 6.07. The average Bonchev–Trinajstić information content (AvgIpc) is 2.43. The number of urea groups is 1. The molecule has 0 unspecified atom stereocenters. The monoisotopic (exact) mass is 307 g/mol. The fourth-order valence-electron chi connectivity index (χ4n) is 2.40. The van der Waals surface area contributed by atoms with E-state index in [1.54, 1.807) is 6.07 Å². The van der Waals surface area contributed by atoms with Gasteiger partial charge in [0.1, 0.15) is 0 Å². The molecule has 0 heterocycles. The third-order valence-corrected chi connectivity index (χ3v) is 3.89. The Bertz CT molecular complexity index is 566. The van der Waals surface area contributed by atoms with Gasteiger partial charge in [0.2, 0.25) is 5.91 Å². The fraction of sp³-hybridized carbons (Fsp3) is 0.333. The third kappa shape index (κ3) is 3.76. The number of aryl methyl sites for hydroxylation is 1. The molecule has 0 aliphatic heterocycles. The Morgan fingerprint density at radius 3 is 2.67 bits per heavy atom. The Kier molecular flexibility index (Phi) is 4.85.